The lowest BCUT2D eigenvalue weighted by atomic mass is 10.0. The Labute approximate surface area is 102 Å². The van der Waals surface area contributed by atoms with E-state index in [1.54, 1.807) is 0 Å². The van der Waals surface area contributed by atoms with Gasteiger partial charge in [0.15, 0.2) is 5.69 Å². The maximum atomic E-state index is 10.8. The van der Waals surface area contributed by atoms with E-state index in [9.17, 15) is 9.90 Å². The topological polar surface area (TPSA) is 94.2 Å². The van der Waals surface area contributed by atoms with Crippen LogP contribution in [0, 0.1) is 23.7 Å². The molecule has 0 amide bonds. The van der Waals surface area contributed by atoms with Crippen LogP contribution < -0.4 is 0 Å². The van der Waals surface area contributed by atoms with E-state index >= 15 is 0 Å². The first-order valence-electron chi connectivity index (χ1n) is 4.84. The number of hydrogen-bond donors (Lipinski definition) is 2. The number of carbonyl (C=O) groups is 1. The van der Waals surface area contributed by atoms with Crippen molar-refractivity contribution in [2.24, 2.45) is 0 Å². The molecule has 0 aliphatic carbocycles. The van der Waals surface area contributed by atoms with Crippen LogP contribution in [-0.4, -0.2) is 21.2 Å². The summed E-state index contributed by atoms with van der Waals surface area (Å²) in [5.74, 6) is 0.799. The molecule has 1 heterocycles. The molecule has 1 aromatic carbocycles. The lowest BCUT2D eigenvalue weighted by Gasteiger charge is -2.05. The Balaban J connectivity index is 2.93. The summed E-state index contributed by atoms with van der Waals surface area (Å²) >= 11 is 0. The molecule has 0 bridgehead atoms. The SMILES string of the molecule is C#Cc1cc(C#N)c2nc(C(=O)O)cc(O)c2c1. The fraction of sp³-hybridized carbons (Fsp3) is 0. The average molecular weight is 238 g/mol. The molecule has 0 fully saturated rings. The van der Waals surface area contributed by atoms with E-state index in [0.717, 1.165) is 6.07 Å². The third-order valence-electron chi connectivity index (χ3n) is 2.40. The summed E-state index contributed by atoms with van der Waals surface area (Å²) in [5, 5.41) is 27.8. The summed E-state index contributed by atoms with van der Waals surface area (Å²) < 4.78 is 0. The van der Waals surface area contributed by atoms with Crippen molar-refractivity contribution in [3.8, 4) is 24.2 Å². The van der Waals surface area contributed by atoms with Gasteiger partial charge in [0.25, 0.3) is 0 Å². The molecule has 0 radical (unpaired) electrons. The van der Waals surface area contributed by atoms with E-state index in [-0.39, 0.29) is 27.9 Å². The normalized spacial score (nSPS) is 9.67. The van der Waals surface area contributed by atoms with Crippen LogP contribution in [0.4, 0.5) is 0 Å². The molecular weight excluding hydrogens is 232 g/mol. The smallest absolute Gasteiger partial charge is 0.354 e. The third-order valence-corrected chi connectivity index (χ3v) is 2.40. The van der Waals surface area contributed by atoms with Crippen LogP contribution in [-0.2, 0) is 0 Å². The number of benzene rings is 1. The van der Waals surface area contributed by atoms with Gasteiger partial charge in [0.2, 0.25) is 0 Å². The number of rotatable bonds is 1. The Morgan fingerprint density at radius 2 is 2.11 bits per heavy atom. The summed E-state index contributed by atoms with van der Waals surface area (Å²) in [6.45, 7) is 0. The summed E-state index contributed by atoms with van der Waals surface area (Å²) in [6, 6.07) is 5.79. The third kappa shape index (κ3) is 1.70. The van der Waals surface area contributed by atoms with Crippen LogP contribution in [0.3, 0.4) is 0 Å². The summed E-state index contributed by atoms with van der Waals surface area (Å²) in [6.07, 6.45) is 5.24. The van der Waals surface area contributed by atoms with E-state index in [1.807, 2.05) is 6.07 Å². The van der Waals surface area contributed by atoms with Gasteiger partial charge in [-0.25, -0.2) is 9.78 Å². The second kappa shape index (κ2) is 4.08. The number of terminal acetylenes is 1. The van der Waals surface area contributed by atoms with Gasteiger partial charge in [0.05, 0.1) is 11.1 Å². The van der Waals surface area contributed by atoms with Gasteiger partial charge in [-0.1, -0.05) is 5.92 Å². The minimum absolute atomic E-state index is 0.119. The summed E-state index contributed by atoms with van der Waals surface area (Å²) in [4.78, 5) is 14.7. The van der Waals surface area contributed by atoms with Crippen molar-refractivity contribution < 1.29 is 15.0 Å². The molecule has 2 rings (SSSR count). The fourth-order valence-corrected chi connectivity index (χ4v) is 1.59. The largest absolute Gasteiger partial charge is 0.507 e. The first-order valence-corrected chi connectivity index (χ1v) is 4.84. The Morgan fingerprint density at radius 3 is 2.67 bits per heavy atom. The minimum Gasteiger partial charge on any atom is -0.507 e. The number of fused-ring (bicyclic) bond motifs is 1. The standard InChI is InChI=1S/C13H6N2O3/c1-2-7-3-8(6-14)12-9(4-7)11(16)5-10(15-12)13(17)18/h1,3-5H,(H,15,16)(H,17,18). The Bertz CT molecular complexity index is 751. The van der Waals surface area contributed by atoms with E-state index in [2.05, 4.69) is 10.9 Å². The maximum absolute atomic E-state index is 10.8. The first-order chi connectivity index (χ1) is 8.56. The monoisotopic (exact) mass is 238 g/mol. The van der Waals surface area contributed by atoms with Crippen molar-refractivity contribution in [3.05, 3.63) is 35.0 Å². The van der Waals surface area contributed by atoms with Crippen molar-refractivity contribution in [3.63, 3.8) is 0 Å². The molecule has 0 spiro atoms. The molecule has 5 heteroatoms. The van der Waals surface area contributed by atoms with Crippen molar-refractivity contribution in [2.75, 3.05) is 0 Å². The lowest BCUT2D eigenvalue weighted by molar-refractivity contribution is 0.0690. The predicted octanol–water partition coefficient (Wildman–Crippen LogP) is 1.49. The Hall–Kier alpha value is -3.05. The van der Waals surface area contributed by atoms with Gasteiger partial charge < -0.3 is 10.2 Å². The molecule has 0 saturated heterocycles. The number of carboxylic acids is 1. The highest BCUT2D eigenvalue weighted by molar-refractivity contribution is 5.95. The first kappa shape index (κ1) is 11.4. The highest BCUT2D eigenvalue weighted by Crippen LogP contribution is 2.27. The molecule has 0 unspecified atom stereocenters. The van der Waals surface area contributed by atoms with E-state index in [4.69, 9.17) is 16.8 Å². The number of aromatic hydroxyl groups is 1. The lowest BCUT2D eigenvalue weighted by Crippen LogP contribution is -2.01. The van der Waals surface area contributed by atoms with Gasteiger partial charge in [-0.3, -0.25) is 0 Å². The van der Waals surface area contributed by atoms with Crippen LogP contribution in [0.1, 0.15) is 21.6 Å². The zero-order valence-corrected chi connectivity index (χ0v) is 9.01. The Morgan fingerprint density at radius 1 is 1.39 bits per heavy atom. The van der Waals surface area contributed by atoms with Gasteiger partial charge >= 0.3 is 5.97 Å². The van der Waals surface area contributed by atoms with Crippen LogP contribution >= 0.6 is 0 Å². The zero-order chi connectivity index (χ0) is 13.3. The molecule has 2 N–H and O–H groups in total. The summed E-state index contributed by atoms with van der Waals surface area (Å²) in [5.41, 5.74) is 0.330. The molecular formula is C13H6N2O3. The molecule has 0 aliphatic rings. The average Bonchev–Trinajstić information content (AvgIpc) is 2.37. The fourth-order valence-electron chi connectivity index (χ4n) is 1.59. The number of nitrogens with zero attached hydrogens (tertiary/aromatic N) is 2. The van der Waals surface area contributed by atoms with Crippen LogP contribution in [0.25, 0.3) is 10.9 Å². The van der Waals surface area contributed by atoms with Crippen molar-refractivity contribution >= 4 is 16.9 Å². The number of nitriles is 1. The van der Waals surface area contributed by atoms with Crippen molar-refractivity contribution in [1.29, 1.82) is 5.26 Å². The number of aromatic nitrogens is 1. The second-order valence-electron chi connectivity index (χ2n) is 3.51. The molecule has 0 saturated carbocycles. The highest BCUT2D eigenvalue weighted by atomic mass is 16.4. The highest BCUT2D eigenvalue weighted by Gasteiger charge is 2.13. The molecule has 18 heavy (non-hydrogen) atoms. The van der Waals surface area contributed by atoms with Gasteiger partial charge in [-0.15, -0.1) is 6.42 Å². The van der Waals surface area contributed by atoms with E-state index < -0.39 is 5.97 Å². The Kier molecular flexibility index (Phi) is 2.59. The molecule has 1 aromatic heterocycles. The van der Waals surface area contributed by atoms with Crippen LogP contribution in [0.2, 0.25) is 0 Å². The van der Waals surface area contributed by atoms with Crippen molar-refractivity contribution in [2.45, 2.75) is 0 Å². The molecule has 86 valence electrons. The minimum atomic E-state index is -1.28. The summed E-state index contributed by atoms with van der Waals surface area (Å²) in [7, 11) is 0. The van der Waals surface area contributed by atoms with Gasteiger partial charge in [-0.05, 0) is 12.1 Å². The number of aromatic carboxylic acids is 1. The molecule has 5 nitrogen and oxygen atoms in total. The second-order valence-corrected chi connectivity index (χ2v) is 3.51. The van der Waals surface area contributed by atoms with E-state index in [0.29, 0.717) is 5.56 Å². The van der Waals surface area contributed by atoms with Gasteiger partial charge in [0.1, 0.15) is 11.8 Å². The van der Waals surface area contributed by atoms with Crippen LogP contribution in [0.5, 0.6) is 5.75 Å². The molecule has 0 aliphatic heterocycles. The number of hydrogen-bond acceptors (Lipinski definition) is 4. The predicted molar refractivity (Wildman–Crippen MR) is 63.0 cm³/mol. The number of pyridine rings is 1. The van der Waals surface area contributed by atoms with Crippen LogP contribution in [0.15, 0.2) is 18.2 Å². The zero-order valence-electron chi connectivity index (χ0n) is 9.01. The molecule has 2 aromatic rings. The maximum Gasteiger partial charge on any atom is 0.354 e. The van der Waals surface area contributed by atoms with E-state index in [1.165, 1.54) is 12.1 Å². The number of carboxylic acid groups (broad SMARTS) is 1. The van der Waals surface area contributed by atoms with Gasteiger partial charge in [0, 0.05) is 17.0 Å². The molecule has 0 atom stereocenters. The van der Waals surface area contributed by atoms with Gasteiger partial charge in [-0.2, -0.15) is 5.26 Å². The quantitative estimate of drug-likeness (QED) is 0.734. The van der Waals surface area contributed by atoms with Crippen molar-refractivity contribution in [1.82, 2.24) is 4.98 Å².